The molecule has 104 valence electrons. The molecule has 2 aromatic rings. The molecule has 0 spiro atoms. The van der Waals surface area contributed by atoms with Gasteiger partial charge in [0.15, 0.2) is 11.2 Å². The second-order valence-electron chi connectivity index (χ2n) is 4.36. The fraction of sp³-hybridized carbons (Fsp3) is 0.308. The first-order valence-corrected chi connectivity index (χ1v) is 7.61. The summed E-state index contributed by atoms with van der Waals surface area (Å²) in [5, 5.41) is 14.6. The Morgan fingerprint density at radius 3 is 2.80 bits per heavy atom. The van der Waals surface area contributed by atoms with E-state index in [1.165, 1.54) is 22.7 Å². The fourth-order valence-electron chi connectivity index (χ4n) is 1.60. The summed E-state index contributed by atoms with van der Waals surface area (Å²) in [6.07, 6.45) is 0. The minimum Gasteiger partial charge on any atom is -0.354 e. The monoisotopic (exact) mass is 306 g/mol. The average molecular weight is 306 g/mol. The van der Waals surface area contributed by atoms with Crippen LogP contribution in [0.5, 0.6) is 0 Å². The van der Waals surface area contributed by atoms with Gasteiger partial charge in [0.25, 0.3) is 5.91 Å². The zero-order valence-corrected chi connectivity index (χ0v) is 13.0. The Morgan fingerprint density at radius 1 is 1.55 bits per heavy atom. The second-order valence-corrected chi connectivity index (χ2v) is 6.31. The zero-order valence-electron chi connectivity index (χ0n) is 11.4. The van der Waals surface area contributed by atoms with Crippen LogP contribution in [-0.2, 0) is 0 Å². The van der Waals surface area contributed by atoms with Crippen LogP contribution in [0.15, 0.2) is 17.5 Å². The van der Waals surface area contributed by atoms with Gasteiger partial charge in [0.2, 0.25) is 0 Å². The lowest BCUT2D eigenvalue weighted by Gasteiger charge is -2.09. The van der Waals surface area contributed by atoms with E-state index in [1.54, 1.807) is 6.92 Å². The molecule has 2 heterocycles. The van der Waals surface area contributed by atoms with Crippen molar-refractivity contribution in [2.24, 2.45) is 0 Å². The number of thiophene rings is 1. The molecule has 0 aliphatic rings. The van der Waals surface area contributed by atoms with E-state index in [1.807, 2.05) is 36.5 Å². The molecule has 0 aliphatic carbocycles. The van der Waals surface area contributed by atoms with Gasteiger partial charge < -0.3 is 10.2 Å². The number of carbonyl (C=O) groups is 1. The fourth-order valence-corrected chi connectivity index (χ4v) is 3.22. The van der Waals surface area contributed by atoms with Crippen molar-refractivity contribution >= 4 is 33.7 Å². The quantitative estimate of drug-likeness (QED) is 0.942. The van der Waals surface area contributed by atoms with Gasteiger partial charge in [-0.05, 0) is 18.4 Å². The van der Waals surface area contributed by atoms with Crippen molar-refractivity contribution in [2.45, 2.75) is 13.0 Å². The second kappa shape index (κ2) is 6.03. The van der Waals surface area contributed by atoms with Gasteiger partial charge in [-0.1, -0.05) is 17.4 Å². The molecule has 5 nitrogen and oxygen atoms in total. The van der Waals surface area contributed by atoms with Gasteiger partial charge in [-0.2, -0.15) is 5.26 Å². The lowest BCUT2D eigenvalue weighted by molar-refractivity contribution is 0.0949. The highest BCUT2D eigenvalue weighted by atomic mass is 32.1. The van der Waals surface area contributed by atoms with E-state index in [4.69, 9.17) is 0 Å². The molecule has 0 bridgehead atoms. The normalized spacial score (nSPS) is 11.7. The van der Waals surface area contributed by atoms with Crippen molar-refractivity contribution in [3.05, 3.63) is 33.0 Å². The molecule has 1 N–H and O–H groups in total. The average Bonchev–Trinajstić information content (AvgIpc) is 3.04. The maximum Gasteiger partial charge on any atom is 0.264 e. The lowest BCUT2D eigenvalue weighted by atomic mass is 10.2. The summed E-state index contributed by atoms with van der Waals surface area (Å²) in [4.78, 5) is 19.8. The van der Waals surface area contributed by atoms with Crippen molar-refractivity contribution in [3.63, 3.8) is 0 Å². The van der Waals surface area contributed by atoms with Gasteiger partial charge >= 0.3 is 0 Å². The number of anilines is 1. The number of amides is 1. The summed E-state index contributed by atoms with van der Waals surface area (Å²) < 4.78 is 0. The van der Waals surface area contributed by atoms with E-state index >= 15 is 0 Å². The van der Waals surface area contributed by atoms with Crippen molar-refractivity contribution in [1.29, 1.82) is 5.26 Å². The number of thiazole rings is 1. The van der Waals surface area contributed by atoms with Gasteiger partial charge in [-0.3, -0.25) is 4.79 Å². The number of nitrogens with one attached hydrogen (secondary N) is 1. The third kappa shape index (κ3) is 2.98. The van der Waals surface area contributed by atoms with Crippen LogP contribution in [0.25, 0.3) is 0 Å². The molecule has 0 saturated heterocycles. The highest BCUT2D eigenvalue weighted by Crippen LogP contribution is 2.25. The predicted molar refractivity (Wildman–Crippen MR) is 81.3 cm³/mol. The Labute approximate surface area is 125 Å². The molecule has 0 fully saturated rings. The molecule has 0 aromatic carbocycles. The molecular weight excluding hydrogens is 292 g/mol. The van der Waals surface area contributed by atoms with Crippen molar-refractivity contribution in [3.8, 4) is 6.07 Å². The number of aryl methyl sites for hydroxylation is 1. The Bertz CT molecular complexity index is 640. The van der Waals surface area contributed by atoms with Gasteiger partial charge in [-0.25, -0.2) is 4.98 Å². The summed E-state index contributed by atoms with van der Waals surface area (Å²) in [6.45, 7) is 1.80. The highest BCUT2D eigenvalue weighted by molar-refractivity contribution is 7.17. The summed E-state index contributed by atoms with van der Waals surface area (Å²) in [5.74, 6) is -0.256. The summed E-state index contributed by atoms with van der Waals surface area (Å²) in [5.41, 5.74) is 0.680. The molecular formula is C13H14N4OS2. The summed E-state index contributed by atoms with van der Waals surface area (Å²) >= 11 is 2.77. The van der Waals surface area contributed by atoms with E-state index in [-0.39, 0.29) is 5.91 Å². The van der Waals surface area contributed by atoms with Crippen LogP contribution in [0.3, 0.4) is 0 Å². The molecule has 7 heteroatoms. The van der Waals surface area contributed by atoms with E-state index in [2.05, 4.69) is 16.4 Å². The van der Waals surface area contributed by atoms with Crippen LogP contribution >= 0.6 is 22.7 Å². The largest absolute Gasteiger partial charge is 0.354 e. The standard InChI is InChI=1S/C13H14N4OS2/c1-8-11(20-13(15-8)17(2)3)12(18)16-9(7-14)10-5-4-6-19-10/h4-6,9H,1-3H3,(H,16,18). The topological polar surface area (TPSA) is 69.0 Å². The van der Waals surface area contributed by atoms with Gasteiger partial charge in [0, 0.05) is 19.0 Å². The van der Waals surface area contributed by atoms with Crippen LogP contribution in [0.2, 0.25) is 0 Å². The zero-order chi connectivity index (χ0) is 14.7. The van der Waals surface area contributed by atoms with Crippen molar-refractivity contribution in [1.82, 2.24) is 10.3 Å². The molecule has 0 aliphatic heterocycles. The number of nitriles is 1. The van der Waals surface area contributed by atoms with Crippen LogP contribution in [0.4, 0.5) is 5.13 Å². The Morgan fingerprint density at radius 2 is 2.30 bits per heavy atom. The Kier molecular flexibility index (Phi) is 4.37. The number of hydrogen-bond donors (Lipinski definition) is 1. The molecule has 1 amide bonds. The van der Waals surface area contributed by atoms with Gasteiger partial charge in [-0.15, -0.1) is 11.3 Å². The van der Waals surface area contributed by atoms with E-state index in [9.17, 15) is 10.1 Å². The number of rotatable bonds is 4. The summed E-state index contributed by atoms with van der Waals surface area (Å²) in [7, 11) is 3.76. The molecule has 0 radical (unpaired) electrons. The minimum atomic E-state index is -0.619. The number of hydrogen-bond acceptors (Lipinski definition) is 6. The van der Waals surface area contributed by atoms with Crippen LogP contribution in [0.1, 0.15) is 26.3 Å². The summed E-state index contributed by atoms with van der Waals surface area (Å²) in [6, 6.07) is 5.18. The third-order valence-electron chi connectivity index (χ3n) is 2.61. The third-order valence-corrected chi connectivity index (χ3v) is 4.87. The first-order chi connectivity index (χ1) is 9.52. The van der Waals surface area contributed by atoms with Crippen molar-refractivity contribution < 1.29 is 4.79 Å². The predicted octanol–water partition coefficient (Wildman–Crippen LogP) is 2.57. The van der Waals surface area contributed by atoms with Crippen LogP contribution in [0, 0.1) is 18.3 Å². The first-order valence-electron chi connectivity index (χ1n) is 5.91. The molecule has 2 rings (SSSR count). The lowest BCUT2D eigenvalue weighted by Crippen LogP contribution is -2.26. The maximum atomic E-state index is 12.3. The SMILES string of the molecule is Cc1nc(N(C)C)sc1C(=O)NC(C#N)c1cccs1. The molecule has 1 atom stereocenters. The van der Waals surface area contributed by atoms with Crippen LogP contribution in [-0.4, -0.2) is 25.0 Å². The molecule has 0 saturated carbocycles. The smallest absolute Gasteiger partial charge is 0.264 e. The van der Waals surface area contributed by atoms with Crippen molar-refractivity contribution in [2.75, 3.05) is 19.0 Å². The minimum absolute atomic E-state index is 0.256. The Hall–Kier alpha value is -1.91. The number of nitrogens with zero attached hydrogens (tertiary/aromatic N) is 3. The number of carbonyl (C=O) groups excluding carboxylic acids is 1. The Balaban J connectivity index is 2.18. The van der Waals surface area contributed by atoms with Gasteiger partial charge in [0.05, 0.1) is 11.8 Å². The molecule has 2 aromatic heterocycles. The van der Waals surface area contributed by atoms with Gasteiger partial charge in [0.1, 0.15) is 4.88 Å². The first kappa shape index (κ1) is 14.5. The maximum absolute atomic E-state index is 12.3. The highest BCUT2D eigenvalue weighted by Gasteiger charge is 2.20. The molecule has 1 unspecified atom stereocenters. The van der Waals surface area contributed by atoms with E-state index in [0.717, 1.165) is 10.0 Å². The van der Waals surface area contributed by atoms with Crippen LogP contribution < -0.4 is 10.2 Å². The number of aromatic nitrogens is 1. The van der Waals surface area contributed by atoms with E-state index in [0.29, 0.717) is 10.6 Å². The molecule has 20 heavy (non-hydrogen) atoms. The van der Waals surface area contributed by atoms with E-state index < -0.39 is 6.04 Å².